The zero-order valence-electron chi connectivity index (χ0n) is 9.01. The van der Waals surface area contributed by atoms with E-state index in [-0.39, 0.29) is 0 Å². The van der Waals surface area contributed by atoms with Crippen molar-refractivity contribution in [2.45, 2.75) is 52.4 Å². The predicted octanol–water partition coefficient (Wildman–Crippen LogP) is 2.73. The third kappa shape index (κ3) is 9.38. The van der Waals surface area contributed by atoms with Gasteiger partial charge in [0.25, 0.3) is 0 Å². The monoisotopic (exact) mass is 185 g/mol. The van der Waals surface area contributed by atoms with Gasteiger partial charge in [0.2, 0.25) is 6.41 Å². The number of nitrogens with one attached hydrogen (secondary N) is 1. The first-order chi connectivity index (χ1) is 6.31. The van der Waals surface area contributed by atoms with Gasteiger partial charge in [0.1, 0.15) is 0 Å². The van der Waals surface area contributed by atoms with Gasteiger partial charge < -0.3 is 5.32 Å². The van der Waals surface area contributed by atoms with Crippen LogP contribution in [0.1, 0.15) is 52.4 Å². The van der Waals surface area contributed by atoms with Gasteiger partial charge in [-0.2, -0.15) is 0 Å². The fraction of sp³-hybridized carbons (Fsp3) is 0.909. The summed E-state index contributed by atoms with van der Waals surface area (Å²) in [6.07, 6.45) is 8.58. The Morgan fingerprint density at radius 3 is 2.62 bits per heavy atom. The average molecular weight is 185 g/mol. The third-order valence-electron chi connectivity index (χ3n) is 2.42. The summed E-state index contributed by atoms with van der Waals surface area (Å²) in [5.41, 5.74) is 0. The van der Waals surface area contributed by atoms with E-state index in [1.54, 1.807) is 0 Å². The molecule has 0 aliphatic rings. The highest BCUT2D eigenvalue weighted by Gasteiger charge is 2.00. The first kappa shape index (κ1) is 12.5. The van der Waals surface area contributed by atoms with Crippen LogP contribution in [0.4, 0.5) is 0 Å². The molecular weight excluding hydrogens is 162 g/mol. The van der Waals surface area contributed by atoms with E-state index in [0.717, 1.165) is 25.3 Å². The Balaban J connectivity index is 3.09. The number of hydrogen-bond donors (Lipinski definition) is 1. The van der Waals surface area contributed by atoms with Crippen LogP contribution in [-0.2, 0) is 4.79 Å². The first-order valence-corrected chi connectivity index (χ1v) is 5.48. The van der Waals surface area contributed by atoms with Gasteiger partial charge >= 0.3 is 0 Å². The lowest BCUT2D eigenvalue weighted by molar-refractivity contribution is -0.109. The van der Waals surface area contributed by atoms with Crippen molar-refractivity contribution >= 4 is 6.41 Å². The second-order valence-electron chi connectivity index (χ2n) is 3.82. The topological polar surface area (TPSA) is 29.1 Å². The van der Waals surface area contributed by atoms with Gasteiger partial charge in [0, 0.05) is 6.54 Å². The Hall–Kier alpha value is -0.530. The number of rotatable bonds is 9. The van der Waals surface area contributed by atoms with E-state index in [1.165, 1.54) is 32.1 Å². The van der Waals surface area contributed by atoms with E-state index in [2.05, 4.69) is 19.2 Å². The van der Waals surface area contributed by atoms with Gasteiger partial charge in [-0.15, -0.1) is 0 Å². The van der Waals surface area contributed by atoms with Crippen molar-refractivity contribution in [3.8, 4) is 0 Å². The van der Waals surface area contributed by atoms with E-state index >= 15 is 0 Å². The summed E-state index contributed by atoms with van der Waals surface area (Å²) in [6.45, 7) is 5.33. The van der Waals surface area contributed by atoms with Crippen LogP contribution in [0.2, 0.25) is 0 Å². The molecule has 2 nitrogen and oxygen atoms in total. The molecule has 1 unspecified atom stereocenters. The molecule has 0 saturated carbocycles. The fourth-order valence-corrected chi connectivity index (χ4v) is 1.45. The summed E-state index contributed by atoms with van der Waals surface area (Å²) in [6, 6.07) is 0. The Kier molecular flexibility index (Phi) is 9.17. The molecule has 1 atom stereocenters. The smallest absolute Gasteiger partial charge is 0.207 e. The van der Waals surface area contributed by atoms with Gasteiger partial charge in [0.05, 0.1) is 0 Å². The number of unbranched alkanes of at least 4 members (excludes halogenated alkanes) is 3. The van der Waals surface area contributed by atoms with Crippen molar-refractivity contribution in [2.24, 2.45) is 5.92 Å². The largest absolute Gasteiger partial charge is 0.359 e. The van der Waals surface area contributed by atoms with Gasteiger partial charge in [-0.1, -0.05) is 46.0 Å². The van der Waals surface area contributed by atoms with Crippen molar-refractivity contribution in [3.05, 3.63) is 0 Å². The van der Waals surface area contributed by atoms with Crippen LogP contribution in [0, 0.1) is 5.92 Å². The lowest BCUT2D eigenvalue weighted by atomic mass is 9.99. The molecule has 0 aromatic heterocycles. The van der Waals surface area contributed by atoms with E-state index in [0.29, 0.717) is 0 Å². The molecule has 0 aliphatic heterocycles. The zero-order valence-corrected chi connectivity index (χ0v) is 9.01. The fourth-order valence-electron chi connectivity index (χ4n) is 1.45. The molecule has 0 spiro atoms. The third-order valence-corrected chi connectivity index (χ3v) is 2.42. The summed E-state index contributed by atoms with van der Waals surface area (Å²) < 4.78 is 0. The molecule has 13 heavy (non-hydrogen) atoms. The lowest BCUT2D eigenvalue weighted by Crippen LogP contribution is -2.14. The Morgan fingerprint density at radius 1 is 1.23 bits per heavy atom. The average Bonchev–Trinajstić information content (AvgIpc) is 2.13. The Bertz CT molecular complexity index is 115. The van der Waals surface area contributed by atoms with Crippen LogP contribution in [0.3, 0.4) is 0 Å². The minimum absolute atomic E-state index is 0.754. The van der Waals surface area contributed by atoms with Crippen LogP contribution in [-0.4, -0.2) is 13.0 Å². The summed E-state index contributed by atoms with van der Waals surface area (Å²) in [5, 5.41) is 2.70. The lowest BCUT2D eigenvalue weighted by Gasteiger charge is -2.09. The normalized spacial score (nSPS) is 12.5. The van der Waals surface area contributed by atoms with Gasteiger partial charge in [0.15, 0.2) is 0 Å². The number of carbonyl (C=O) groups excluding carboxylic acids is 1. The van der Waals surface area contributed by atoms with Crippen LogP contribution >= 0.6 is 0 Å². The number of amides is 1. The van der Waals surface area contributed by atoms with Crippen LogP contribution < -0.4 is 5.32 Å². The summed E-state index contributed by atoms with van der Waals surface area (Å²) in [7, 11) is 0. The quantitative estimate of drug-likeness (QED) is 0.434. The minimum atomic E-state index is 0.754. The highest BCUT2D eigenvalue weighted by Crippen LogP contribution is 2.12. The predicted molar refractivity (Wildman–Crippen MR) is 56.6 cm³/mol. The van der Waals surface area contributed by atoms with E-state index in [1.807, 2.05) is 0 Å². The zero-order chi connectivity index (χ0) is 9.94. The minimum Gasteiger partial charge on any atom is -0.359 e. The van der Waals surface area contributed by atoms with E-state index in [4.69, 9.17) is 0 Å². The van der Waals surface area contributed by atoms with E-state index < -0.39 is 0 Å². The van der Waals surface area contributed by atoms with Crippen molar-refractivity contribution in [1.82, 2.24) is 5.32 Å². The second-order valence-corrected chi connectivity index (χ2v) is 3.82. The van der Waals surface area contributed by atoms with Crippen molar-refractivity contribution in [3.63, 3.8) is 0 Å². The molecule has 1 amide bonds. The summed E-state index contributed by atoms with van der Waals surface area (Å²) >= 11 is 0. The molecule has 0 aromatic carbocycles. The van der Waals surface area contributed by atoms with Gasteiger partial charge in [-0.05, 0) is 12.3 Å². The number of hydrogen-bond acceptors (Lipinski definition) is 1. The molecule has 0 rings (SSSR count). The Labute approximate surface area is 82.1 Å². The number of carbonyl (C=O) groups is 1. The first-order valence-electron chi connectivity index (χ1n) is 5.48. The van der Waals surface area contributed by atoms with Crippen LogP contribution in [0.25, 0.3) is 0 Å². The molecule has 0 aromatic rings. The molecule has 0 fully saturated rings. The molecule has 0 radical (unpaired) electrons. The Morgan fingerprint density at radius 2 is 2.00 bits per heavy atom. The maximum atomic E-state index is 9.97. The van der Waals surface area contributed by atoms with Crippen molar-refractivity contribution < 1.29 is 4.79 Å². The molecule has 0 saturated heterocycles. The molecule has 0 heterocycles. The highest BCUT2D eigenvalue weighted by atomic mass is 16.1. The van der Waals surface area contributed by atoms with Crippen molar-refractivity contribution in [2.75, 3.05) is 6.54 Å². The standard InChI is InChI=1S/C11H23NO/c1-3-4-5-6-7-11(2)8-9-12-10-13/h10-11H,3-9H2,1-2H3,(H,12,13). The molecular formula is C11H23NO. The molecule has 0 bridgehead atoms. The van der Waals surface area contributed by atoms with Gasteiger partial charge in [-0.3, -0.25) is 4.79 Å². The summed E-state index contributed by atoms with van der Waals surface area (Å²) in [4.78, 5) is 9.97. The summed E-state index contributed by atoms with van der Waals surface area (Å²) in [5.74, 6) is 0.754. The van der Waals surface area contributed by atoms with Gasteiger partial charge in [-0.25, -0.2) is 0 Å². The van der Waals surface area contributed by atoms with Crippen LogP contribution in [0.5, 0.6) is 0 Å². The van der Waals surface area contributed by atoms with E-state index in [9.17, 15) is 4.79 Å². The van der Waals surface area contributed by atoms with Crippen molar-refractivity contribution in [1.29, 1.82) is 0 Å². The maximum absolute atomic E-state index is 9.97. The molecule has 1 N–H and O–H groups in total. The molecule has 0 aliphatic carbocycles. The highest BCUT2D eigenvalue weighted by molar-refractivity contribution is 5.45. The molecule has 78 valence electrons. The molecule has 2 heteroatoms. The SMILES string of the molecule is CCCCCCC(C)CCNC=O. The second kappa shape index (κ2) is 9.56. The maximum Gasteiger partial charge on any atom is 0.207 e. The van der Waals surface area contributed by atoms with Crippen LogP contribution in [0.15, 0.2) is 0 Å².